The molecule has 10 nitrogen and oxygen atoms in total. The molecule has 11 heteroatoms. The highest BCUT2D eigenvalue weighted by Gasteiger charge is 2.54. The molecule has 7 rings (SSSR count). The number of carbonyl (C=O) groups excluding carboxylic acids is 1. The van der Waals surface area contributed by atoms with E-state index in [4.69, 9.17) is 9.47 Å². The molecule has 0 radical (unpaired) electrons. The molecule has 1 saturated carbocycles. The first kappa shape index (κ1) is 28.1. The summed E-state index contributed by atoms with van der Waals surface area (Å²) in [5.41, 5.74) is 2.16. The van der Waals surface area contributed by atoms with E-state index in [0.717, 1.165) is 95.6 Å². The molecular formula is C32H37FN6O4. The number of fused-ring (bicyclic) bond motifs is 1. The van der Waals surface area contributed by atoms with Crippen LogP contribution in [-0.4, -0.2) is 93.7 Å². The largest absolute Gasteiger partial charge is 0.490 e. The average molecular weight is 589 g/mol. The van der Waals surface area contributed by atoms with Crippen LogP contribution in [0.15, 0.2) is 43.0 Å². The van der Waals surface area contributed by atoms with Gasteiger partial charge in [0.1, 0.15) is 29.7 Å². The molecule has 1 N–H and O–H groups in total. The van der Waals surface area contributed by atoms with Crippen molar-refractivity contribution in [1.82, 2.24) is 24.8 Å². The van der Waals surface area contributed by atoms with Crippen molar-refractivity contribution in [3.05, 3.63) is 65.6 Å². The van der Waals surface area contributed by atoms with E-state index < -0.39 is 11.4 Å². The number of aliphatic hydroxyl groups is 1. The lowest BCUT2D eigenvalue weighted by atomic mass is 9.61. The Hall–Kier alpha value is -3.67. The molecule has 0 unspecified atom stereocenters. The third kappa shape index (κ3) is 5.81. The molecule has 3 aliphatic heterocycles. The van der Waals surface area contributed by atoms with Gasteiger partial charge in [0.15, 0.2) is 17.9 Å². The number of pyridine rings is 1. The maximum Gasteiger partial charge on any atom is 0.188 e. The molecule has 1 spiro atoms. The Morgan fingerprint density at radius 3 is 2.67 bits per heavy atom. The van der Waals surface area contributed by atoms with Crippen LogP contribution < -0.4 is 14.4 Å². The topological polar surface area (TPSA) is 104 Å². The van der Waals surface area contributed by atoms with Crippen molar-refractivity contribution in [3.63, 3.8) is 0 Å². The van der Waals surface area contributed by atoms with Crippen LogP contribution >= 0.6 is 0 Å². The Morgan fingerprint density at radius 2 is 1.88 bits per heavy atom. The predicted octanol–water partition coefficient (Wildman–Crippen LogP) is 3.48. The maximum atomic E-state index is 13.6. The van der Waals surface area contributed by atoms with E-state index in [1.807, 2.05) is 19.2 Å². The molecule has 2 aromatic heterocycles. The van der Waals surface area contributed by atoms with E-state index in [2.05, 4.69) is 29.7 Å². The van der Waals surface area contributed by atoms with E-state index in [9.17, 15) is 14.3 Å². The Morgan fingerprint density at radius 1 is 1.07 bits per heavy atom. The highest BCUT2D eigenvalue weighted by molar-refractivity contribution is 5.79. The summed E-state index contributed by atoms with van der Waals surface area (Å²) in [5.74, 6) is 1.83. The summed E-state index contributed by atoms with van der Waals surface area (Å²) in [6.45, 7) is 9.02. The fourth-order valence-electron chi connectivity index (χ4n) is 7.14. The molecule has 0 amide bonds. The summed E-state index contributed by atoms with van der Waals surface area (Å²) < 4.78 is 26.1. The number of carbonyl (C=O) groups is 1. The number of likely N-dealkylation sites (tertiary alicyclic amines) is 1. The predicted molar refractivity (Wildman–Crippen MR) is 157 cm³/mol. The number of rotatable bonds is 10. The van der Waals surface area contributed by atoms with Gasteiger partial charge in [-0.05, 0) is 63.5 Å². The van der Waals surface area contributed by atoms with Gasteiger partial charge in [-0.1, -0.05) is 0 Å². The van der Waals surface area contributed by atoms with Crippen molar-refractivity contribution in [2.45, 2.75) is 50.9 Å². The minimum absolute atomic E-state index is 0.136. The van der Waals surface area contributed by atoms with Crippen molar-refractivity contribution in [2.24, 2.45) is 5.41 Å². The lowest BCUT2D eigenvalue weighted by molar-refractivity contribution is -0.0838. The fourth-order valence-corrected chi connectivity index (χ4v) is 7.14. The molecule has 4 aliphatic rings. The van der Waals surface area contributed by atoms with Crippen LogP contribution in [0.2, 0.25) is 0 Å². The summed E-state index contributed by atoms with van der Waals surface area (Å²) in [4.78, 5) is 31.6. The Bertz CT molecular complexity index is 1500. The molecule has 226 valence electrons. The van der Waals surface area contributed by atoms with Gasteiger partial charge in [-0.15, -0.1) is 0 Å². The molecule has 2 saturated heterocycles. The zero-order valence-corrected chi connectivity index (χ0v) is 24.4. The number of benzene rings is 1. The third-order valence-electron chi connectivity index (χ3n) is 9.17. The number of hydrogen-bond acceptors (Lipinski definition) is 10. The minimum atomic E-state index is -0.513. The van der Waals surface area contributed by atoms with Gasteiger partial charge in [0.25, 0.3) is 0 Å². The average Bonchev–Trinajstić information content (AvgIpc) is 2.94. The molecule has 3 aromatic rings. The van der Waals surface area contributed by atoms with E-state index in [1.165, 1.54) is 24.0 Å². The van der Waals surface area contributed by atoms with Gasteiger partial charge in [0.05, 0.1) is 17.4 Å². The van der Waals surface area contributed by atoms with E-state index in [1.54, 1.807) is 6.20 Å². The Labute approximate surface area is 250 Å². The number of nitrogens with zero attached hydrogens (tertiary/aromatic N) is 6. The second-order valence-corrected chi connectivity index (χ2v) is 12.9. The van der Waals surface area contributed by atoms with Gasteiger partial charge < -0.3 is 19.5 Å². The number of ether oxygens (including phenoxy) is 2. The van der Waals surface area contributed by atoms with Crippen LogP contribution in [0.5, 0.6) is 17.2 Å². The Kier molecular flexibility index (Phi) is 7.27. The molecule has 3 fully saturated rings. The van der Waals surface area contributed by atoms with Crippen LogP contribution in [0.4, 0.5) is 10.2 Å². The molecule has 5 heterocycles. The van der Waals surface area contributed by atoms with Crippen molar-refractivity contribution < 1.29 is 23.8 Å². The lowest BCUT2D eigenvalue weighted by Crippen LogP contribution is -2.65. The highest BCUT2D eigenvalue weighted by Crippen LogP contribution is 2.52. The third-order valence-corrected chi connectivity index (χ3v) is 9.17. The summed E-state index contributed by atoms with van der Waals surface area (Å²) in [7, 11) is 0. The standard InChI is InChI=1S/C32H37FN6O4/c1-31(41)17-38(18-31)9-2-8-37-10-6-26-25(15-37)28(5-7-35-26)42-24-12-32(13-24)19-39(20-32)30-29(14-34-21-36-30)43-27-4-3-23(33)11-22(27)16-40/h3-5,7,11,14,16,21,24,41H,2,6,8-10,12-13,15,17-20H2,1H3. The molecule has 0 bridgehead atoms. The van der Waals surface area contributed by atoms with Gasteiger partial charge in [0, 0.05) is 68.6 Å². The quantitative estimate of drug-likeness (QED) is 0.354. The minimum Gasteiger partial charge on any atom is -0.490 e. The van der Waals surface area contributed by atoms with Gasteiger partial charge in [0.2, 0.25) is 0 Å². The van der Waals surface area contributed by atoms with Crippen molar-refractivity contribution in [1.29, 1.82) is 0 Å². The van der Waals surface area contributed by atoms with Crippen LogP contribution in [0.25, 0.3) is 0 Å². The van der Waals surface area contributed by atoms with Crippen molar-refractivity contribution in [3.8, 4) is 17.2 Å². The molecule has 1 aromatic carbocycles. The summed E-state index contributed by atoms with van der Waals surface area (Å²) >= 11 is 0. The molecule has 1 aliphatic carbocycles. The zero-order valence-electron chi connectivity index (χ0n) is 24.4. The molecule has 0 atom stereocenters. The number of aldehydes is 1. The number of anilines is 1. The van der Waals surface area contributed by atoms with Crippen LogP contribution in [0, 0.1) is 11.2 Å². The van der Waals surface area contributed by atoms with Gasteiger partial charge in [-0.3, -0.25) is 19.6 Å². The highest BCUT2D eigenvalue weighted by atomic mass is 19.1. The second kappa shape index (κ2) is 11.1. The van der Waals surface area contributed by atoms with Crippen LogP contribution in [-0.2, 0) is 13.0 Å². The number of β-amino-alcohol motifs (C(OH)–C–C–N with tert-alkyl or cyclic N) is 1. The SMILES string of the molecule is CC1(O)CN(CCCN2CCc3nccc(OC4CC5(C4)CN(c4ncncc4Oc4ccc(F)cc4C=O)C5)c3C2)C1. The van der Waals surface area contributed by atoms with E-state index in [-0.39, 0.29) is 22.8 Å². The fraction of sp³-hybridized carbons (Fsp3) is 0.500. The first-order valence-corrected chi connectivity index (χ1v) is 15.1. The number of halogens is 1. The Balaban J connectivity index is 0.925. The number of hydrogen-bond donors (Lipinski definition) is 1. The second-order valence-electron chi connectivity index (χ2n) is 12.9. The smallest absolute Gasteiger partial charge is 0.188 e. The van der Waals surface area contributed by atoms with Crippen LogP contribution in [0.1, 0.15) is 47.8 Å². The molecule has 43 heavy (non-hydrogen) atoms. The van der Waals surface area contributed by atoms with Gasteiger partial charge >= 0.3 is 0 Å². The van der Waals surface area contributed by atoms with E-state index >= 15 is 0 Å². The summed E-state index contributed by atoms with van der Waals surface area (Å²) in [6.07, 6.45) is 9.63. The normalized spacial score (nSPS) is 21.0. The van der Waals surface area contributed by atoms with Crippen molar-refractivity contribution in [2.75, 3.05) is 50.7 Å². The lowest BCUT2D eigenvalue weighted by Gasteiger charge is -2.59. The van der Waals surface area contributed by atoms with Gasteiger partial charge in [-0.2, -0.15) is 0 Å². The maximum absolute atomic E-state index is 13.6. The number of aromatic nitrogens is 3. The molecular weight excluding hydrogens is 551 g/mol. The summed E-state index contributed by atoms with van der Waals surface area (Å²) in [6, 6.07) is 5.86. The van der Waals surface area contributed by atoms with Crippen LogP contribution in [0.3, 0.4) is 0 Å². The van der Waals surface area contributed by atoms with E-state index in [0.29, 0.717) is 17.9 Å². The zero-order chi connectivity index (χ0) is 29.6. The first-order chi connectivity index (χ1) is 20.8. The summed E-state index contributed by atoms with van der Waals surface area (Å²) in [5, 5.41) is 9.96. The van der Waals surface area contributed by atoms with Crippen molar-refractivity contribution >= 4 is 12.1 Å². The van der Waals surface area contributed by atoms with Gasteiger partial charge in [-0.25, -0.2) is 14.4 Å². The monoisotopic (exact) mass is 588 g/mol. The first-order valence-electron chi connectivity index (χ1n) is 15.1.